The van der Waals surface area contributed by atoms with Crippen LogP contribution >= 0.6 is 0 Å². The van der Waals surface area contributed by atoms with Crippen LogP contribution in [0.1, 0.15) is 27.7 Å². The number of benzene rings is 3. The van der Waals surface area contributed by atoms with Crippen LogP contribution < -0.4 is 10.1 Å². The first-order chi connectivity index (χ1) is 14.7. The van der Waals surface area contributed by atoms with E-state index in [4.69, 9.17) is 9.15 Å². The Hall–Kier alpha value is -4.06. The number of nitrogens with one attached hydrogen (secondary N) is 2. The molecule has 1 unspecified atom stereocenters. The van der Waals surface area contributed by atoms with E-state index < -0.39 is 0 Å². The first kappa shape index (κ1) is 18.0. The van der Waals surface area contributed by atoms with Crippen LogP contribution in [0.4, 0.5) is 0 Å². The Kier molecular flexibility index (Phi) is 4.44. The van der Waals surface area contributed by atoms with E-state index in [1.807, 2.05) is 60.7 Å². The second-order valence-corrected chi connectivity index (χ2v) is 6.99. The zero-order chi connectivity index (χ0) is 20.5. The summed E-state index contributed by atoms with van der Waals surface area (Å²) in [5, 5.41) is 3.93. The lowest BCUT2D eigenvalue weighted by molar-refractivity contribution is 0.0917. The molecule has 30 heavy (non-hydrogen) atoms. The second-order valence-electron chi connectivity index (χ2n) is 6.99. The van der Waals surface area contributed by atoms with Gasteiger partial charge in [0.1, 0.15) is 0 Å². The van der Waals surface area contributed by atoms with Crippen LogP contribution in [-0.2, 0) is 0 Å². The van der Waals surface area contributed by atoms with E-state index in [1.54, 1.807) is 25.6 Å². The number of carbonyl (C=O) groups is 1. The van der Waals surface area contributed by atoms with Gasteiger partial charge in [-0.05, 0) is 35.4 Å². The van der Waals surface area contributed by atoms with Crippen molar-refractivity contribution in [2.24, 2.45) is 0 Å². The van der Waals surface area contributed by atoms with Gasteiger partial charge in [0.2, 0.25) is 0 Å². The summed E-state index contributed by atoms with van der Waals surface area (Å²) >= 11 is 0. The molecule has 5 rings (SSSR count). The number of ether oxygens (including phenoxy) is 1. The number of nitrogens with zero attached hydrogens (tertiary/aromatic N) is 1. The van der Waals surface area contributed by atoms with Crippen LogP contribution in [0, 0.1) is 0 Å². The molecular formula is C24H19N3O3. The lowest BCUT2D eigenvalue weighted by atomic mass is 9.98. The maximum atomic E-state index is 13.1. The number of imidazole rings is 1. The number of amides is 1. The Balaban J connectivity index is 1.53. The van der Waals surface area contributed by atoms with Gasteiger partial charge < -0.3 is 19.5 Å². The second kappa shape index (κ2) is 7.40. The fourth-order valence-corrected chi connectivity index (χ4v) is 3.65. The predicted octanol–water partition coefficient (Wildman–Crippen LogP) is 4.84. The number of aromatic nitrogens is 2. The van der Waals surface area contributed by atoms with Crippen molar-refractivity contribution < 1.29 is 13.9 Å². The molecule has 0 saturated heterocycles. The minimum absolute atomic E-state index is 0.234. The summed E-state index contributed by atoms with van der Waals surface area (Å²) < 4.78 is 11.2. The molecule has 0 aliphatic carbocycles. The van der Waals surface area contributed by atoms with Crippen molar-refractivity contribution >= 4 is 27.9 Å². The monoisotopic (exact) mass is 397 g/mol. The lowest BCUT2D eigenvalue weighted by Gasteiger charge is -2.19. The molecule has 0 saturated carbocycles. The van der Waals surface area contributed by atoms with Crippen molar-refractivity contribution in [2.75, 3.05) is 7.11 Å². The molecule has 2 N–H and O–H groups in total. The zero-order valence-electron chi connectivity index (χ0n) is 16.3. The molecule has 1 amide bonds. The van der Waals surface area contributed by atoms with Gasteiger partial charge in [0.15, 0.2) is 17.1 Å². The number of fused-ring (bicyclic) bond motifs is 2. The maximum Gasteiger partial charge on any atom is 0.287 e. The van der Waals surface area contributed by atoms with Crippen molar-refractivity contribution in [2.45, 2.75) is 6.04 Å². The molecule has 0 aliphatic rings. The molecule has 0 fully saturated rings. The van der Waals surface area contributed by atoms with Gasteiger partial charge in [-0.25, -0.2) is 4.98 Å². The lowest BCUT2D eigenvalue weighted by Crippen LogP contribution is -2.29. The van der Waals surface area contributed by atoms with Crippen LogP contribution in [-0.4, -0.2) is 23.0 Å². The van der Waals surface area contributed by atoms with Crippen LogP contribution in [0.2, 0.25) is 0 Å². The zero-order valence-corrected chi connectivity index (χ0v) is 16.3. The molecule has 6 heteroatoms. The Morgan fingerprint density at radius 2 is 1.90 bits per heavy atom. The average Bonchev–Trinajstić information content (AvgIpc) is 3.44. The number of carbonyl (C=O) groups excluding carboxylic acids is 1. The highest BCUT2D eigenvalue weighted by atomic mass is 16.5. The number of H-pyrrole nitrogens is 1. The van der Waals surface area contributed by atoms with Crippen molar-refractivity contribution in [3.05, 3.63) is 96.0 Å². The molecule has 1 atom stereocenters. The fourth-order valence-electron chi connectivity index (χ4n) is 3.65. The quantitative estimate of drug-likeness (QED) is 0.445. The molecule has 0 bridgehead atoms. The van der Waals surface area contributed by atoms with Gasteiger partial charge in [0.25, 0.3) is 5.91 Å². The van der Waals surface area contributed by atoms with Crippen LogP contribution in [0.25, 0.3) is 22.0 Å². The SMILES string of the molecule is COc1cccc2cc(C(=O)NC(c3ccccc3)c3ccc4nc[nH]c4c3)oc12. The third kappa shape index (κ3) is 3.18. The van der Waals surface area contributed by atoms with E-state index in [1.165, 1.54) is 0 Å². The van der Waals surface area contributed by atoms with Crippen molar-refractivity contribution in [3.63, 3.8) is 0 Å². The minimum atomic E-state index is -0.346. The maximum absolute atomic E-state index is 13.1. The Morgan fingerprint density at radius 1 is 1.03 bits per heavy atom. The van der Waals surface area contributed by atoms with Crippen LogP contribution in [0.3, 0.4) is 0 Å². The highest BCUT2D eigenvalue weighted by molar-refractivity contribution is 5.97. The van der Waals surface area contributed by atoms with E-state index in [9.17, 15) is 4.79 Å². The Morgan fingerprint density at radius 3 is 2.73 bits per heavy atom. The molecule has 0 spiro atoms. The van der Waals surface area contributed by atoms with Gasteiger partial charge in [-0.1, -0.05) is 48.5 Å². The minimum Gasteiger partial charge on any atom is -0.493 e. The molecule has 2 heterocycles. The largest absolute Gasteiger partial charge is 0.493 e. The average molecular weight is 397 g/mol. The summed E-state index contributed by atoms with van der Waals surface area (Å²) in [6.07, 6.45) is 1.66. The number of rotatable bonds is 5. The van der Waals surface area contributed by atoms with Crippen LogP contribution in [0.15, 0.2) is 83.5 Å². The van der Waals surface area contributed by atoms with E-state index in [0.29, 0.717) is 11.3 Å². The molecular weight excluding hydrogens is 378 g/mol. The van der Waals surface area contributed by atoms with E-state index in [-0.39, 0.29) is 17.7 Å². The van der Waals surface area contributed by atoms with Gasteiger partial charge in [-0.15, -0.1) is 0 Å². The van der Waals surface area contributed by atoms with Gasteiger partial charge >= 0.3 is 0 Å². The van der Waals surface area contributed by atoms with Gasteiger partial charge in [0.05, 0.1) is 30.5 Å². The summed E-state index contributed by atoms with van der Waals surface area (Å²) in [5.41, 5.74) is 4.26. The normalized spacial score (nSPS) is 12.2. The fraction of sp³-hybridized carbons (Fsp3) is 0.0833. The van der Waals surface area contributed by atoms with Gasteiger partial charge in [-0.3, -0.25) is 4.79 Å². The molecule has 3 aromatic carbocycles. The summed E-state index contributed by atoms with van der Waals surface area (Å²) in [5.74, 6) is 0.528. The highest BCUT2D eigenvalue weighted by Crippen LogP contribution is 2.30. The molecule has 148 valence electrons. The van der Waals surface area contributed by atoms with Gasteiger partial charge in [-0.2, -0.15) is 0 Å². The third-order valence-corrected chi connectivity index (χ3v) is 5.14. The number of furan rings is 1. The summed E-state index contributed by atoms with van der Waals surface area (Å²) in [6, 6.07) is 22.7. The van der Waals surface area contributed by atoms with E-state index >= 15 is 0 Å². The molecule has 2 aromatic heterocycles. The first-order valence-corrected chi connectivity index (χ1v) is 9.58. The van der Waals surface area contributed by atoms with Crippen LogP contribution in [0.5, 0.6) is 5.75 Å². The van der Waals surface area contributed by atoms with Crippen molar-refractivity contribution in [1.82, 2.24) is 15.3 Å². The number of methoxy groups -OCH3 is 1. The standard InChI is InChI=1S/C24H19N3O3/c1-29-20-9-5-8-17-13-21(30-23(17)20)24(28)27-22(15-6-3-2-4-7-15)16-10-11-18-19(12-16)26-14-25-18/h2-14,22H,1H3,(H,25,26)(H,27,28). The van der Waals surface area contributed by atoms with E-state index in [2.05, 4.69) is 15.3 Å². The Bertz CT molecular complexity index is 1340. The van der Waals surface area contributed by atoms with Crippen molar-refractivity contribution in [3.8, 4) is 5.75 Å². The first-order valence-electron chi connectivity index (χ1n) is 9.58. The topological polar surface area (TPSA) is 80.1 Å². The predicted molar refractivity (Wildman–Crippen MR) is 115 cm³/mol. The smallest absolute Gasteiger partial charge is 0.287 e. The summed E-state index contributed by atoms with van der Waals surface area (Å²) in [4.78, 5) is 20.5. The third-order valence-electron chi connectivity index (χ3n) is 5.14. The van der Waals surface area contributed by atoms with Gasteiger partial charge in [0, 0.05) is 5.39 Å². The van der Waals surface area contributed by atoms with Crippen molar-refractivity contribution in [1.29, 1.82) is 0 Å². The number of hydrogen-bond acceptors (Lipinski definition) is 4. The number of hydrogen-bond donors (Lipinski definition) is 2. The molecule has 0 aliphatic heterocycles. The molecule has 6 nitrogen and oxygen atoms in total. The molecule has 5 aromatic rings. The summed E-state index contributed by atoms with van der Waals surface area (Å²) in [6.45, 7) is 0. The number of para-hydroxylation sites is 1. The van der Waals surface area contributed by atoms with E-state index in [0.717, 1.165) is 27.5 Å². The summed E-state index contributed by atoms with van der Waals surface area (Å²) in [7, 11) is 1.58. The highest BCUT2D eigenvalue weighted by Gasteiger charge is 2.21. The Labute approximate surface area is 172 Å². The number of aromatic amines is 1. The molecule has 0 radical (unpaired) electrons.